The van der Waals surface area contributed by atoms with Crippen molar-refractivity contribution in [1.29, 1.82) is 0 Å². The van der Waals surface area contributed by atoms with Gasteiger partial charge in [-0.05, 0) is 131 Å². The number of hydrogen-bond donors (Lipinski definition) is 5. The number of aromatic nitrogens is 3. The average Bonchev–Trinajstić information content (AvgIpc) is 3.60. The van der Waals surface area contributed by atoms with Gasteiger partial charge < -0.3 is 21.9 Å². The zero-order valence-electron chi connectivity index (χ0n) is 28.9. The van der Waals surface area contributed by atoms with Crippen LogP contribution in [0.1, 0.15) is 111 Å². The van der Waals surface area contributed by atoms with E-state index in [0.717, 1.165) is 63.5 Å². The van der Waals surface area contributed by atoms with Crippen molar-refractivity contribution >= 4 is 16.0 Å². The van der Waals surface area contributed by atoms with Crippen molar-refractivity contribution in [2.24, 2.45) is 63.7 Å². The summed E-state index contributed by atoms with van der Waals surface area (Å²) in [7, 11) is -4.09. The Balaban J connectivity index is 1.24. The number of fused-ring (bicyclic) bond motifs is 5. The number of amides is 1. The molecule has 0 saturated heterocycles. The van der Waals surface area contributed by atoms with Crippen LogP contribution in [0.5, 0.6) is 0 Å². The van der Waals surface area contributed by atoms with E-state index in [2.05, 4.69) is 57.2 Å². The van der Waals surface area contributed by atoms with Crippen LogP contribution in [0.4, 0.5) is 0 Å². The van der Waals surface area contributed by atoms with Crippen molar-refractivity contribution in [3.63, 3.8) is 0 Å². The van der Waals surface area contributed by atoms with Gasteiger partial charge in [-0.15, -0.1) is 5.10 Å². The molecule has 262 valence electrons. The van der Waals surface area contributed by atoms with E-state index in [-0.39, 0.29) is 29.4 Å². The summed E-state index contributed by atoms with van der Waals surface area (Å²) in [4.78, 5) is 12.4. The van der Waals surface area contributed by atoms with Gasteiger partial charge in [0.25, 0.3) is 10.1 Å². The molecule has 3 unspecified atom stereocenters. The van der Waals surface area contributed by atoms with Gasteiger partial charge in [-0.25, -0.2) is 4.68 Å². The van der Waals surface area contributed by atoms with Crippen LogP contribution in [0.15, 0.2) is 6.20 Å². The lowest BCUT2D eigenvalue weighted by Gasteiger charge is -2.64. The SMILES string of the molecule is C[C@@H](CCC(=O)NCCS(=O)(=O)O)[C@H]1CC[C@@H]2[C@H]3[C@H](O)CC4CC(C(C)(N)C(C)(C)n5cc(CN)nn5)CC[C@@]4(C)[C@@H]3CC[C@]21C. The fourth-order valence-corrected chi connectivity index (χ4v) is 11.5. The van der Waals surface area contributed by atoms with E-state index < -0.39 is 26.9 Å². The first kappa shape index (κ1) is 35.7. The van der Waals surface area contributed by atoms with Crippen LogP contribution in [0.25, 0.3) is 0 Å². The molecule has 5 rings (SSSR count). The molecule has 0 bridgehead atoms. The van der Waals surface area contributed by atoms with Crippen LogP contribution in [-0.2, 0) is 27.0 Å². The van der Waals surface area contributed by atoms with Gasteiger partial charge in [0.05, 0.1) is 29.3 Å². The topological polar surface area (TPSA) is 186 Å². The lowest BCUT2D eigenvalue weighted by atomic mass is 9.42. The molecule has 4 fully saturated rings. The molecule has 1 aromatic heterocycles. The number of aliphatic hydroxyl groups is 1. The van der Waals surface area contributed by atoms with Gasteiger partial charge >= 0.3 is 0 Å². The number of carbonyl (C=O) groups excluding carboxylic acids is 1. The number of rotatable bonds is 11. The predicted molar refractivity (Wildman–Crippen MR) is 178 cm³/mol. The van der Waals surface area contributed by atoms with Gasteiger partial charge in [0.15, 0.2) is 0 Å². The van der Waals surface area contributed by atoms with E-state index in [9.17, 15) is 18.3 Å². The van der Waals surface area contributed by atoms with Gasteiger partial charge in [-0.1, -0.05) is 26.0 Å². The first-order chi connectivity index (χ1) is 21.3. The molecule has 46 heavy (non-hydrogen) atoms. The molecule has 0 radical (unpaired) electrons. The lowest BCUT2D eigenvalue weighted by molar-refractivity contribution is -0.174. The summed E-state index contributed by atoms with van der Waals surface area (Å²) < 4.78 is 32.7. The van der Waals surface area contributed by atoms with Crippen molar-refractivity contribution in [2.75, 3.05) is 12.3 Å². The normalized spacial score (nSPS) is 38.3. The Bertz CT molecular complexity index is 1370. The number of carbonyl (C=O) groups is 1. The maximum Gasteiger partial charge on any atom is 0.266 e. The molecule has 0 aliphatic heterocycles. The van der Waals surface area contributed by atoms with Gasteiger partial charge in [-0.2, -0.15) is 8.42 Å². The molecule has 4 aliphatic rings. The molecule has 0 aromatic carbocycles. The Kier molecular flexibility index (Phi) is 9.85. The summed E-state index contributed by atoms with van der Waals surface area (Å²) in [6, 6.07) is 0. The fraction of sp³-hybridized carbons (Fsp3) is 0.912. The molecule has 1 heterocycles. The molecule has 7 N–H and O–H groups in total. The highest BCUT2D eigenvalue weighted by molar-refractivity contribution is 7.85. The zero-order valence-corrected chi connectivity index (χ0v) is 29.7. The summed E-state index contributed by atoms with van der Waals surface area (Å²) in [5.41, 5.74) is 13.2. The highest BCUT2D eigenvalue weighted by atomic mass is 32.2. The first-order valence-electron chi connectivity index (χ1n) is 17.7. The van der Waals surface area contributed by atoms with Gasteiger partial charge in [0.2, 0.25) is 5.91 Å². The largest absolute Gasteiger partial charge is 0.393 e. The Labute approximate surface area is 276 Å². The smallest absolute Gasteiger partial charge is 0.266 e. The van der Waals surface area contributed by atoms with Crippen molar-refractivity contribution in [2.45, 2.75) is 129 Å². The average molecular weight is 665 g/mol. The van der Waals surface area contributed by atoms with Crippen molar-refractivity contribution in [1.82, 2.24) is 20.3 Å². The Hall–Kier alpha value is -1.60. The van der Waals surface area contributed by atoms with Crippen LogP contribution >= 0.6 is 0 Å². The Morgan fingerprint density at radius 1 is 1.13 bits per heavy atom. The fourth-order valence-electron chi connectivity index (χ4n) is 11.1. The highest BCUT2D eigenvalue weighted by Gasteiger charge is 2.64. The monoisotopic (exact) mass is 664 g/mol. The van der Waals surface area contributed by atoms with Crippen molar-refractivity contribution < 1.29 is 22.9 Å². The second-order valence-electron chi connectivity index (χ2n) is 16.8. The summed E-state index contributed by atoms with van der Waals surface area (Å²) in [5.74, 6) is 2.23. The molecule has 11 atom stereocenters. The van der Waals surface area contributed by atoms with Crippen LogP contribution < -0.4 is 16.8 Å². The molecule has 1 amide bonds. The van der Waals surface area contributed by atoms with E-state index in [1.807, 2.05) is 10.9 Å². The minimum atomic E-state index is -4.09. The van der Waals surface area contributed by atoms with Gasteiger partial charge in [0.1, 0.15) is 0 Å². The lowest BCUT2D eigenvalue weighted by Crippen LogP contribution is -2.64. The van der Waals surface area contributed by atoms with Crippen LogP contribution in [0.2, 0.25) is 0 Å². The quantitative estimate of drug-likeness (QED) is 0.219. The molecule has 11 nitrogen and oxygen atoms in total. The molecule has 4 aliphatic carbocycles. The number of hydrogen-bond acceptors (Lipinski definition) is 8. The summed E-state index contributed by atoms with van der Waals surface area (Å²) >= 11 is 0. The maximum absolute atomic E-state index is 12.4. The Morgan fingerprint density at radius 3 is 2.46 bits per heavy atom. The molecular formula is C34H60N6O5S. The highest BCUT2D eigenvalue weighted by Crippen LogP contribution is 2.69. The molecular weight excluding hydrogens is 604 g/mol. The zero-order chi connectivity index (χ0) is 33.9. The second-order valence-corrected chi connectivity index (χ2v) is 18.4. The summed E-state index contributed by atoms with van der Waals surface area (Å²) in [6.07, 6.45) is 11.3. The number of nitrogens with two attached hydrogens (primary N) is 2. The van der Waals surface area contributed by atoms with Crippen LogP contribution in [0.3, 0.4) is 0 Å². The van der Waals surface area contributed by atoms with E-state index in [4.69, 9.17) is 16.0 Å². The third-order valence-electron chi connectivity index (χ3n) is 14.4. The minimum absolute atomic E-state index is 0.0730. The minimum Gasteiger partial charge on any atom is -0.393 e. The number of nitrogens with one attached hydrogen (secondary N) is 1. The first-order valence-corrected chi connectivity index (χ1v) is 19.3. The maximum atomic E-state index is 12.4. The molecule has 4 saturated carbocycles. The molecule has 1 aromatic rings. The predicted octanol–water partition coefficient (Wildman–Crippen LogP) is 3.86. The van der Waals surface area contributed by atoms with E-state index in [0.29, 0.717) is 54.4 Å². The van der Waals surface area contributed by atoms with Gasteiger partial charge in [-0.3, -0.25) is 9.35 Å². The van der Waals surface area contributed by atoms with E-state index in [1.54, 1.807) is 0 Å². The summed E-state index contributed by atoms with van der Waals surface area (Å²) in [6.45, 7) is 14.0. The van der Waals surface area contributed by atoms with Crippen LogP contribution in [-0.4, -0.2) is 62.9 Å². The van der Waals surface area contributed by atoms with Crippen LogP contribution in [0, 0.1) is 52.3 Å². The third-order valence-corrected chi connectivity index (χ3v) is 15.2. The summed E-state index contributed by atoms with van der Waals surface area (Å²) in [5, 5.41) is 23.2. The van der Waals surface area contributed by atoms with Gasteiger partial charge in [0, 0.05) is 25.0 Å². The standard InChI is InChI=1S/C34H60N6O5S/c1-21(7-10-29(42)37-15-16-46(43,44)45)25-8-9-26-30-27(12-14-33(25,26)5)32(4)13-11-22(17-23(32)18-28(30)41)34(6,36)31(2,3)40-20-24(19-35)38-39-40/h20-23,25-28,30,41H,7-19,35-36H2,1-6H3,(H,37,42)(H,43,44,45)/t21-,22?,23?,25+,26+,27+,28+,30+,32+,33-,34?/m0/s1. The van der Waals surface area contributed by atoms with E-state index >= 15 is 0 Å². The van der Waals surface area contributed by atoms with Crippen molar-refractivity contribution in [3.05, 3.63) is 11.9 Å². The van der Waals surface area contributed by atoms with Crippen molar-refractivity contribution in [3.8, 4) is 0 Å². The molecule has 12 heteroatoms. The third kappa shape index (κ3) is 6.30. The number of aliphatic hydroxyl groups excluding tert-OH is 1. The number of nitrogens with zero attached hydrogens (tertiary/aromatic N) is 3. The second kappa shape index (κ2) is 12.7. The molecule has 0 spiro atoms. The van der Waals surface area contributed by atoms with E-state index in [1.165, 1.54) is 0 Å². The Morgan fingerprint density at radius 2 is 1.80 bits per heavy atom.